The predicted octanol–water partition coefficient (Wildman–Crippen LogP) is -0.270. The molecule has 8 nitrogen and oxygen atoms in total. The van der Waals surface area contributed by atoms with Crippen LogP contribution in [0, 0.1) is 0 Å². The zero-order chi connectivity index (χ0) is 16.7. The highest BCUT2D eigenvalue weighted by atomic mass is 19.3. The van der Waals surface area contributed by atoms with Crippen LogP contribution in [0.4, 0.5) is 26.3 Å². The summed E-state index contributed by atoms with van der Waals surface area (Å²) in [5.41, 5.74) is 0. The lowest BCUT2D eigenvalue weighted by atomic mass is 10.1. The van der Waals surface area contributed by atoms with E-state index >= 15 is 0 Å². The summed E-state index contributed by atoms with van der Waals surface area (Å²) < 4.78 is 72.8. The molecule has 0 aromatic rings. The quantitative estimate of drug-likeness (QED) is 0.305. The second-order valence-electron chi connectivity index (χ2n) is 2.33. The maximum absolute atomic E-state index is 12.2. The lowest BCUT2D eigenvalue weighted by molar-refractivity contribution is -0.298. The number of nitrogens with two attached hydrogens (primary N) is 2. The Morgan fingerprint density at radius 3 is 0.947 bits per heavy atom. The molecule has 0 aromatic carbocycles. The van der Waals surface area contributed by atoms with Gasteiger partial charge >= 0.3 is 29.7 Å². The number of carboxylic acid groups (broad SMARTS) is 2. The summed E-state index contributed by atoms with van der Waals surface area (Å²) in [4.78, 5) is 19.2. The number of hydrogen-bond acceptors (Lipinski definition) is 6. The maximum Gasteiger partial charge on any atom is 0.411 e. The van der Waals surface area contributed by atoms with Crippen LogP contribution < -0.4 is 11.8 Å². The van der Waals surface area contributed by atoms with Crippen molar-refractivity contribution in [1.29, 1.82) is 0 Å². The van der Waals surface area contributed by atoms with E-state index in [1.165, 1.54) is 0 Å². The summed E-state index contributed by atoms with van der Waals surface area (Å²) in [6, 6.07) is 0. The van der Waals surface area contributed by atoms with Gasteiger partial charge in [0.05, 0.1) is 0 Å². The zero-order valence-corrected chi connectivity index (χ0v) is 8.53. The minimum atomic E-state index is -6.53. The average Bonchev–Trinajstić information content (AvgIpc) is 2.33. The molecule has 0 saturated carbocycles. The molecule has 0 aliphatic rings. The zero-order valence-electron chi connectivity index (χ0n) is 8.53. The second kappa shape index (κ2) is 7.72. The highest BCUT2D eigenvalue weighted by Crippen LogP contribution is 2.45. The largest absolute Gasteiger partial charge is 0.477 e. The number of carbonyl (C=O) groups is 2. The van der Waals surface area contributed by atoms with Crippen LogP contribution in [-0.2, 0) is 9.59 Å². The molecule has 0 aromatic heterocycles. The van der Waals surface area contributed by atoms with Crippen LogP contribution in [0.5, 0.6) is 0 Å². The van der Waals surface area contributed by atoms with E-state index in [4.69, 9.17) is 20.6 Å². The number of alkyl halides is 6. The molecule has 0 fully saturated rings. The van der Waals surface area contributed by atoms with Crippen molar-refractivity contribution < 1.29 is 56.6 Å². The molecule has 0 heterocycles. The highest BCUT2D eigenvalue weighted by Gasteiger charge is 2.78. The molecular formula is C5H8F6N2O6. The van der Waals surface area contributed by atoms with E-state index in [1.807, 2.05) is 0 Å². The predicted molar refractivity (Wildman–Crippen MR) is 42.1 cm³/mol. The second-order valence-corrected chi connectivity index (χ2v) is 2.33. The number of hydrogen-bond donors (Lipinski definition) is 6. The van der Waals surface area contributed by atoms with Crippen LogP contribution in [0.3, 0.4) is 0 Å². The third kappa shape index (κ3) is 4.19. The van der Waals surface area contributed by atoms with E-state index in [-0.39, 0.29) is 0 Å². The molecule has 0 aliphatic carbocycles. The average molecular weight is 306 g/mol. The minimum absolute atomic E-state index is 3.50. The van der Waals surface area contributed by atoms with Crippen molar-refractivity contribution in [1.82, 2.24) is 0 Å². The molecule has 14 heteroatoms. The van der Waals surface area contributed by atoms with Crippen molar-refractivity contribution in [3.8, 4) is 0 Å². The van der Waals surface area contributed by atoms with Crippen molar-refractivity contribution in [2.45, 2.75) is 17.8 Å². The molecule has 19 heavy (non-hydrogen) atoms. The van der Waals surface area contributed by atoms with Gasteiger partial charge in [0, 0.05) is 0 Å². The summed E-state index contributed by atoms with van der Waals surface area (Å²) >= 11 is 0. The van der Waals surface area contributed by atoms with Gasteiger partial charge < -0.3 is 20.6 Å². The van der Waals surface area contributed by atoms with Crippen LogP contribution in [0.15, 0.2) is 0 Å². The summed E-state index contributed by atoms with van der Waals surface area (Å²) in [5.74, 6) is -19.0. The van der Waals surface area contributed by atoms with Gasteiger partial charge in [-0.05, 0) is 0 Å². The molecular weight excluding hydrogens is 298 g/mol. The van der Waals surface area contributed by atoms with Crippen molar-refractivity contribution in [3.05, 3.63) is 0 Å². The molecule has 0 saturated heterocycles. The van der Waals surface area contributed by atoms with Gasteiger partial charge in [0.15, 0.2) is 0 Å². The topological polar surface area (TPSA) is 167 Å². The monoisotopic (exact) mass is 306 g/mol. The Morgan fingerprint density at radius 1 is 0.684 bits per heavy atom. The van der Waals surface area contributed by atoms with E-state index in [0.717, 1.165) is 0 Å². The van der Waals surface area contributed by atoms with Crippen LogP contribution in [0.1, 0.15) is 0 Å². The first-order valence-electron chi connectivity index (χ1n) is 3.51. The van der Waals surface area contributed by atoms with Gasteiger partial charge in [0.1, 0.15) is 0 Å². The fraction of sp³-hybridized carbons (Fsp3) is 0.600. The molecule has 0 rings (SSSR count). The lowest BCUT2D eigenvalue weighted by Crippen LogP contribution is -2.60. The fourth-order valence-electron chi connectivity index (χ4n) is 0.466. The van der Waals surface area contributed by atoms with E-state index in [1.54, 1.807) is 0 Å². The molecule has 0 unspecified atom stereocenters. The molecule has 0 atom stereocenters. The van der Waals surface area contributed by atoms with Gasteiger partial charge in [0.2, 0.25) is 0 Å². The molecule has 0 aliphatic heterocycles. The Balaban J connectivity index is -0.000000579. The number of halogens is 6. The van der Waals surface area contributed by atoms with Crippen LogP contribution in [-0.4, -0.2) is 50.3 Å². The lowest BCUT2D eigenvalue weighted by Gasteiger charge is -2.27. The molecule has 0 amide bonds. The highest BCUT2D eigenvalue weighted by molar-refractivity contribution is 5.82. The van der Waals surface area contributed by atoms with Crippen LogP contribution in [0.2, 0.25) is 0 Å². The standard InChI is InChI=1S/C5H2F6O4.2H3NO/c6-3(7,1(12)13)5(10,11)4(8,9)2(14)15;2*1-2/h(H,12,13)(H,14,15);2*2H,1H2. The van der Waals surface area contributed by atoms with E-state index in [9.17, 15) is 35.9 Å². The van der Waals surface area contributed by atoms with Gasteiger partial charge in [-0.25, -0.2) is 21.4 Å². The van der Waals surface area contributed by atoms with Crippen LogP contribution >= 0.6 is 0 Å². The number of aliphatic carboxylic acids is 2. The van der Waals surface area contributed by atoms with Gasteiger partial charge in [-0.1, -0.05) is 0 Å². The molecule has 8 N–H and O–H groups in total. The smallest absolute Gasteiger partial charge is 0.411 e. The Hall–Kier alpha value is -1.64. The third-order valence-corrected chi connectivity index (χ3v) is 1.33. The van der Waals surface area contributed by atoms with E-state index in [2.05, 4.69) is 11.8 Å². The van der Waals surface area contributed by atoms with Crippen LogP contribution in [0.25, 0.3) is 0 Å². The van der Waals surface area contributed by atoms with Gasteiger partial charge in [-0.2, -0.15) is 26.3 Å². The van der Waals surface area contributed by atoms with Crippen molar-refractivity contribution in [2.24, 2.45) is 11.8 Å². The summed E-state index contributed by atoms with van der Waals surface area (Å²) in [6.45, 7) is 0. The first-order valence-corrected chi connectivity index (χ1v) is 3.51. The maximum atomic E-state index is 12.2. The first kappa shape index (κ1) is 22.5. The third-order valence-electron chi connectivity index (χ3n) is 1.33. The van der Waals surface area contributed by atoms with Gasteiger partial charge in [-0.15, -0.1) is 0 Å². The van der Waals surface area contributed by atoms with Gasteiger partial charge in [0.25, 0.3) is 0 Å². The Bertz CT molecular complexity index is 282. The molecule has 0 spiro atoms. The van der Waals surface area contributed by atoms with E-state index in [0.29, 0.717) is 0 Å². The minimum Gasteiger partial charge on any atom is -0.477 e. The van der Waals surface area contributed by atoms with Crippen molar-refractivity contribution >= 4 is 11.9 Å². The Labute approximate surface area is 99.3 Å². The first-order chi connectivity index (χ1) is 8.39. The molecule has 0 radical (unpaired) electrons. The summed E-state index contributed by atoms with van der Waals surface area (Å²) in [7, 11) is 0. The Kier molecular flexibility index (Phi) is 9.16. The normalized spacial score (nSPS) is 11.5. The van der Waals surface area contributed by atoms with E-state index < -0.39 is 29.7 Å². The molecule has 116 valence electrons. The SMILES string of the molecule is NO.NO.O=C(O)C(F)(F)C(F)(F)C(F)(F)C(=O)O. The molecule has 0 bridgehead atoms. The van der Waals surface area contributed by atoms with Gasteiger partial charge in [-0.3, -0.25) is 0 Å². The summed E-state index contributed by atoms with van der Waals surface area (Å²) in [6.07, 6.45) is 0. The van der Waals surface area contributed by atoms with Crippen molar-refractivity contribution in [2.75, 3.05) is 0 Å². The number of rotatable bonds is 4. The van der Waals surface area contributed by atoms with Crippen molar-refractivity contribution in [3.63, 3.8) is 0 Å². The Morgan fingerprint density at radius 2 is 0.842 bits per heavy atom. The summed E-state index contributed by atoms with van der Waals surface area (Å²) in [5, 5.41) is 28.1. The number of carboxylic acids is 2. The fourth-order valence-corrected chi connectivity index (χ4v) is 0.466.